The molecule has 0 saturated carbocycles. The summed E-state index contributed by atoms with van der Waals surface area (Å²) in [5, 5.41) is 0.679. The highest BCUT2D eigenvalue weighted by Crippen LogP contribution is 2.32. The van der Waals surface area contributed by atoms with Crippen molar-refractivity contribution >= 4 is 23.1 Å². The standard InChI is InChI=1S/C14H13ClN4O/c1-8-5-10(15)6-9(2)12(8)20-14-13-17-3-4-19(13)7-11(16)18-14/h3-7H,16H2,1-2H3. The second-order valence-corrected chi connectivity index (χ2v) is 5.04. The molecule has 2 heterocycles. The van der Waals surface area contributed by atoms with E-state index in [9.17, 15) is 0 Å². The number of ether oxygens (including phenoxy) is 1. The van der Waals surface area contributed by atoms with Crippen LogP contribution in [0.15, 0.2) is 30.7 Å². The Labute approximate surface area is 121 Å². The summed E-state index contributed by atoms with van der Waals surface area (Å²) in [4.78, 5) is 8.44. The van der Waals surface area contributed by atoms with Gasteiger partial charge in [0.1, 0.15) is 11.6 Å². The van der Waals surface area contributed by atoms with Gasteiger partial charge in [-0.2, -0.15) is 4.98 Å². The number of benzene rings is 1. The molecule has 0 unspecified atom stereocenters. The highest BCUT2D eigenvalue weighted by Gasteiger charge is 2.12. The van der Waals surface area contributed by atoms with E-state index >= 15 is 0 Å². The third-order valence-electron chi connectivity index (χ3n) is 2.99. The minimum absolute atomic E-state index is 0.370. The Hall–Kier alpha value is -2.27. The third kappa shape index (κ3) is 2.16. The number of nitrogens with zero attached hydrogens (tertiary/aromatic N) is 3. The van der Waals surface area contributed by atoms with Crippen molar-refractivity contribution in [1.29, 1.82) is 0 Å². The van der Waals surface area contributed by atoms with Crippen LogP contribution in [0.5, 0.6) is 11.6 Å². The molecule has 5 nitrogen and oxygen atoms in total. The number of aromatic nitrogens is 3. The number of rotatable bonds is 2. The van der Waals surface area contributed by atoms with Gasteiger partial charge < -0.3 is 10.5 Å². The highest BCUT2D eigenvalue weighted by atomic mass is 35.5. The van der Waals surface area contributed by atoms with Crippen LogP contribution in [-0.4, -0.2) is 14.4 Å². The topological polar surface area (TPSA) is 65.4 Å². The Morgan fingerprint density at radius 1 is 1.25 bits per heavy atom. The quantitative estimate of drug-likeness (QED) is 0.785. The average molecular weight is 289 g/mol. The summed E-state index contributed by atoms with van der Waals surface area (Å²) in [7, 11) is 0. The molecule has 2 N–H and O–H groups in total. The van der Waals surface area contributed by atoms with Gasteiger partial charge in [-0.25, -0.2) is 4.98 Å². The SMILES string of the molecule is Cc1cc(Cl)cc(C)c1Oc1nc(N)cn2ccnc12. The van der Waals surface area contributed by atoms with Gasteiger partial charge in [-0.15, -0.1) is 0 Å². The van der Waals surface area contributed by atoms with Crippen molar-refractivity contribution in [3.05, 3.63) is 46.9 Å². The van der Waals surface area contributed by atoms with Crippen LogP contribution >= 0.6 is 11.6 Å². The average Bonchev–Trinajstić information content (AvgIpc) is 2.81. The lowest BCUT2D eigenvalue weighted by Gasteiger charge is -2.12. The molecule has 20 heavy (non-hydrogen) atoms. The van der Waals surface area contributed by atoms with Crippen LogP contribution in [0.3, 0.4) is 0 Å². The van der Waals surface area contributed by atoms with Gasteiger partial charge in [0.15, 0.2) is 0 Å². The van der Waals surface area contributed by atoms with Crippen LogP contribution < -0.4 is 10.5 Å². The molecule has 0 aliphatic rings. The van der Waals surface area contributed by atoms with Crippen LogP contribution in [0.25, 0.3) is 5.65 Å². The lowest BCUT2D eigenvalue weighted by molar-refractivity contribution is 0.459. The molecule has 0 fully saturated rings. The smallest absolute Gasteiger partial charge is 0.265 e. The van der Waals surface area contributed by atoms with Gasteiger partial charge in [0.2, 0.25) is 5.65 Å². The van der Waals surface area contributed by atoms with Crippen molar-refractivity contribution in [3.63, 3.8) is 0 Å². The van der Waals surface area contributed by atoms with Gasteiger partial charge in [-0.3, -0.25) is 4.40 Å². The first-order valence-electron chi connectivity index (χ1n) is 6.08. The Bertz CT molecular complexity index is 774. The van der Waals surface area contributed by atoms with E-state index in [0.717, 1.165) is 16.9 Å². The zero-order valence-electron chi connectivity index (χ0n) is 11.1. The molecular formula is C14H13ClN4O. The van der Waals surface area contributed by atoms with Crippen molar-refractivity contribution in [2.75, 3.05) is 5.73 Å². The van der Waals surface area contributed by atoms with Crippen LogP contribution in [0.4, 0.5) is 5.82 Å². The number of hydrogen-bond acceptors (Lipinski definition) is 4. The molecule has 3 rings (SSSR count). The van der Waals surface area contributed by atoms with Gasteiger partial charge in [-0.05, 0) is 37.1 Å². The van der Waals surface area contributed by atoms with Crippen molar-refractivity contribution in [2.45, 2.75) is 13.8 Å². The number of fused-ring (bicyclic) bond motifs is 1. The number of anilines is 1. The molecule has 0 aliphatic heterocycles. The monoisotopic (exact) mass is 288 g/mol. The second kappa shape index (κ2) is 4.68. The number of imidazole rings is 1. The maximum atomic E-state index is 6.02. The molecule has 1 aromatic carbocycles. The molecule has 102 valence electrons. The van der Waals surface area contributed by atoms with Gasteiger partial charge >= 0.3 is 0 Å². The first-order chi connectivity index (χ1) is 9.54. The number of aryl methyl sites for hydroxylation is 2. The predicted molar refractivity (Wildman–Crippen MR) is 78.4 cm³/mol. The lowest BCUT2D eigenvalue weighted by Crippen LogP contribution is -2.00. The molecule has 3 aromatic rings. The highest BCUT2D eigenvalue weighted by molar-refractivity contribution is 6.30. The van der Waals surface area contributed by atoms with Crippen molar-refractivity contribution in [1.82, 2.24) is 14.4 Å². The van der Waals surface area contributed by atoms with E-state index in [0.29, 0.717) is 22.4 Å². The van der Waals surface area contributed by atoms with E-state index in [4.69, 9.17) is 22.1 Å². The van der Waals surface area contributed by atoms with Crippen molar-refractivity contribution in [2.24, 2.45) is 0 Å². The molecule has 0 aliphatic carbocycles. The van der Waals surface area contributed by atoms with E-state index in [1.165, 1.54) is 0 Å². The molecular weight excluding hydrogens is 276 g/mol. The molecule has 0 atom stereocenters. The van der Waals surface area contributed by atoms with Gasteiger partial charge in [0, 0.05) is 17.4 Å². The van der Waals surface area contributed by atoms with Crippen LogP contribution in [0, 0.1) is 13.8 Å². The predicted octanol–water partition coefficient (Wildman–Crippen LogP) is 3.37. The van der Waals surface area contributed by atoms with Gasteiger partial charge in [-0.1, -0.05) is 11.6 Å². The summed E-state index contributed by atoms with van der Waals surface area (Å²) in [6, 6.07) is 3.69. The Morgan fingerprint density at radius 3 is 2.65 bits per heavy atom. The molecule has 0 amide bonds. The summed E-state index contributed by atoms with van der Waals surface area (Å²) in [6.07, 6.45) is 5.16. The van der Waals surface area contributed by atoms with Crippen molar-refractivity contribution < 1.29 is 4.74 Å². The fourth-order valence-corrected chi connectivity index (χ4v) is 2.47. The van der Waals surface area contributed by atoms with Crippen LogP contribution in [-0.2, 0) is 0 Å². The molecule has 0 bridgehead atoms. The van der Waals surface area contributed by atoms with E-state index in [2.05, 4.69) is 9.97 Å². The Morgan fingerprint density at radius 2 is 1.95 bits per heavy atom. The summed E-state index contributed by atoms with van der Waals surface area (Å²) in [5.74, 6) is 1.47. The number of nitrogen functional groups attached to an aromatic ring is 1. The van der Waals surface area contributed by atoms with E-state index in [-0.39, 0.29) is 0 Å². The molecule has 0 saturated heterocycles. The largest absolute Gasteiger partial charge is 0.435 e. The second-order valence-electron chi connectivity index (χ2n) is 4.60. The van der Waals surface area contributed by atoms with Crippen molar-refractivity contribution in [3.8, 4) is 11.6 Å². The summed E-state index contributed by atoms with van der Waals surface area (Å²) in [6.45, 7) is 3.87. The maximum absolute atomic E-state index is 6.02. The van der Waals surface area contributed by atoms with E-state index < -0.39 is 0 Å². The normalized spacial score (nSPS) is 10.9. The summed E-state index contributed by atoms with van der Waals surface area (Å²) in [5.41, 5.74) is 8.26. The van der Waals surface area contributed by atoms with Gasteiger partial charge in [0.25, 0.3) is 5.88 Å². The van der Waals surface area contributed by atoms with E-state index in [1.54, 1.807) is 23.0 Å². The molecule has 2 aromatic heterocycles. The van der Waals surface area contributed by atoms with E-state index in [1.807, 2.05) is 26.0 Å². The first kappa shape index (κ1) is 12.7. The maximum Gasteiger partial charge on any atom is 0.265 e. The number of nitrogens with two attached hydrogens (primary N) is 1. The van der Waals surface area contributed by atoms with Crippen LogP contribution in [0.1, 0.15) is 11.1 Å². The summed E-state index contributed by atoms with van der Waals surface area (Å²) < 4.78 is 7.69. The fourth-order valence-electron chi connectivity index (χ4n) is 2.15. The molecule has 6 heteroatoms. The number of halogens is 1. The zero-order valence-corrected chi connectivity index (χ0v) is 11.8. The minimum Gasteiger partial charge on any atom is -0.435 e. The molecule has 0 radical (unpaired) electrons. The lowest BCUT2D eigenvalue weighted by atomic mass is 10.1. The number of hydrogen-bond donors (Lipinski definition) is 1. The summed E-state index contributed by atoms with van der Waals surface area (Å²) >= 11 is 6.02. The Kier molecular flexibility index (Phi) is 2.99. The zero-order chi connectivity index (χ0) is 14.3. The first-order valence-corrected chi connectivity index (χ1v) is 6.46. The minimum atomic E-state index is 0.370. The third-order valence-corrected chi connectivity index (χ3v) is 3.20. The van der Waals surface area contributed by atoms with Crippen LogP contribution in [0.2, 0.25) is 5.02 Å². The Balaban J connectivity index is 2.12. The fraction of sp³-hybridized carbons (Fsp3) is 0.143. The van der Waals surface area contributed by atoms with Gasteiger partial charge in [0.05, 0.1) is 6.20 Å². The molecule has 0 spiro atoms.